The van der Waals surface area contributed by atoms with Gasteiger partial charge in [-0.1, -0.05) is 11.3 Å². The number of hydrogen-bond donors (Lipinski definition) is 1. The van der Waals surface area contributed by atoms with Crippen LogP contribution in [0.4, 0.5) is 5.13 Å². The summed E-state index contributed by atoms with van der Waals surface area (Å²) in [5, 5.41) is 10.4. The maximum Gasteiger partial charge on any atom is 0.186 e. The number of aliphatic hydroxyl groups excluding tert-OH is 1. The van der Waals surface area contributed by atoms with Gasteiger partial charge in [0.05, 0.1) is 16.1 Å². The van der Waals surface area contributed by atoms with Crippen molar-refractivity contribution in [3.8, 4) is 0 Å². The van der Waals surface area contributed by atoms with Crippen LogP contribution < -0.4 is 4.90 Å². The lowest BCUT2D eigenvalue weighted by Gasteiger charge is -2.28. The zero-order valence-electron chi connectivity index (χ0n) is 7.11. The summed E-state index contributed by atoms with van der Waals surface area (Å²) in [6.07, 6.45) is 3.43. The van der Waals surface area contributed by atoms with Crippen LogP contribution in [0, 0.1) is 0 Å². The van der Waals surface area contributed by atoms with E-state index in [0.29, 0.717) is 0 Å². The van der Waals surface area contributed by atoms with Crippen LogP contribution >= 0.6 is 27.3 Å². The minimum absolute atomic E-state index is 0.111. The van der Waals surface area contributed by atoms with Gasteiger partial charge in [-0.25, -0.2) is 4.98 Å². The Hall–Kier alpha value is -0.130. The van der Waals surface area contributed by atoms with Crippen molar-refractivity contribution in [3.05, 3.63) is 9.98 Å². The molecule has 1 N–H and O–H groups in total. The molecule has 1 aromatic rings. The summed E-state index contributed by atoms with van der Waals surface area (Å²) in [6, 6.07) is 0. The molecule has 0 radical (unpaired) electrons. The van der Waals surface area contributed by atoms with Crippen LogP contribution in [0.5, 0.6) is 0 Å². The van der Waals surface area contributed by atoms with Gasteiger partial charge < -0.3 is 10.0 Å². The molecule has 0 spiro atoms. The molecule has 0 amide bonds. The standard InChI is InChI=1S/C8H11BrN2OS/c9-7-5-10-8(13-7)11-3-1-6(12)2-4-11/h5-6,12H,1-4H2. The lowest BCUT2D eigenvalue weighted by molar-refractivity contribution is 0.145. The number of aliphatic hydroxyl groups is 1. The normalized spacial score (nSPS) is 19.4. The van der Waals surface area contributed by atoms with Crippen molar-refractivity contribution >= 4 is 32.4 Å². The highest BCUT2D eigenvalue weighted by atomic mass is 79.9. The van der Waals surface area contributed by atoms with Gasteiger partial charge in [-0.2, -0.15) is 0 Å². The highest BCUT2D eigenvalue weighted by Crippen LogP contribution is 2.28. The van der Waals surface area contributed by atoms with E-state index in [4.69, 9.17) is 0 Å². The Morgan fingerprint density at radius 3 is 2.77 bits per heavy atom. The second kappa shape index (κ2) is 3.94. The van der Waals surface area contributed by atoms with Crippen molar-refractivity contribution < 1.29 is 5.11 Å². The molecule has 2 heterocycles. The second-order valence-electron chi connectivity index (χ2n) is 3.17. The molecule has 0 unspecified atom stereocenters. The van der Waals surface area contributed by atoms with E-state index in [1.165, 1.54) is 0 Å². The molecule has 5 heteroatoms. The first-order valence-corrected chi connectivity index (χ1v) is 5.91. The fourth-order valence-electron chi connectivity index (χ4n) is 1.45. The first kappa shape index (κ1) is 9.43. The number of thiazole rings is 1. The van der Waals surface area contributed by atoms with Crippen molar-refractivity contribution in [2.24, 2.45) is 0 Å². The monoisotopic (exact) mass is 262 g/mol. The number of halogens is 1. The van der Waals surface area contributed by atoms with Crippen LogP contribution in [0.3, 0.4) is 0 Å². The Labute approximate surface area is 89.5 Å². The van der Waals surface area contributed by atoms with Crippen LogP contribution in [-0.4, -0.2) is 29.3 Å². The first-order valence-electron chi connectivity index (χ1n) is 4.30. The molecule has 1 aliphatic heterocycles. The third-order valence-electron chi connectivity index (χ3n) is 2.20. The Balaban J connectivity index is 2.02. The molecular weight excluding hydrogens is 252 g/mol. The quantitative estimate of drug-likeness (QED) is 0.840. The molecule has 2 rings (SSSR count). The molecule has 0 bridgehead atoms. The summed E-state index contributed by atoms with van der Waals surface area (Å²) >= 11 is 5.04. The van der Waals surface area contributed by atoms with Gasteiger partial charge in [-0.3, -0.25) is 0 Å². The Morgan fingerprint density at radius 2 is 2.23 bits per heavy atom. The van der Waals surface area contributed by atoms with Gasteiger partial charge >= 0.3 is 0 Å². The van der Waals surface area contributed by atoms with E-state index < -0.39 is 0 Å². The molecule has 1 aliphatic rings. The van der Waals surface area contributed by atoms with Gasteiger partial charge in [0.1, 0.15) is 0 Å². The SMILES string of the molecule is OC1CCN(c2ncc(Br)s2)CC1. The molecule has 3 nitrogen and oxygen atoms in total. The summed E-state index contributed by atoms with van der Waals surface area (Å²) in [4.78, 5) is 6.50. The molecule has 1 fully saturated rings. The van der Waals surface area contributed by atoms with Gasteiger partial charge in [0.2, 0.25) is 0 Å². The van der Waals surface area contributed by atoms with Gasteiger partial charge in [0, 0.05) is 13.1 Å². The highest BCUT2D eigenvalue weighted by molar-refractivity contribution is 9.11. The Bertz CT molecular complexity index is 283. The van der Waals surface area contributed by atoms with Crippen LogP contribution in [-0.2, 0) is 0 Å². The van der Waals surface area contributed by atoms with E-state index in [2.05, 4.69) is 25.8 Å². The topological polar surface area (TPSA) is 36.4 Å². The highest BCUT2D eigenvalue weighted by Gasteiger charge is 2.18. The maximum atomic E-state index is 9.33. The third-order valence-corrected chi connectivity index (χ3v) is 3.74. The van der Waals surface area contributed by atoms with Crippen LogP contribution in [0.1, 0.15) is 12.8 Å². The van der Waals surface area contributed by atoms with E-state index >= 15 is 0 Å². The number of aromatic nitrogens is 1. The summed E-state index contributed by atoms with van der Waals surface area (Å²) in [5.74, 6) is 0. The van der Waals surface area contributed by atoms with Gasteiger partial charge in [-0.15, -0.1) is 0 Å². The lowest BCUT2D eigenvalue weighted by Crippen LogP contribution is -2.35. The predicted molar refractivity (Wildman–Crippen MR) is 57.3 cm³/mol. The van der Waals surface area contributed by atoms with Crippen molar-refractivity contribution in [1.82, 2.24) is 4.98 Å². The first-order chi connectivity index (χ1) is 6.25. The summed E-state index contributed by atoms with van der Waals surface area (Å²) in [5.41, 5.74) is 0. The lowest BCUT2D eigenvalue weighted by atomic mass is 10.1. The molecule has 72 valence electrons. The summed E-state index contributed by atoms with van der Waals surface area (Å²) < 4.78 is 1.06. The fourth-order valence-corrected chi connectivity index (χ4v) is 2.68. The molecule has 0 atom stereocenters. The van der Waals surface area contributed by atoms with Crippen LogP contribution in [0.15, 0.2) is 9.98 Å². The number of nitrogens with zero attached hydrogens (tertiary/aromatic N) is 2. The number of rotatable bonds is 1. The molecule has 1 saturated heterocycles. The minimum Gasteiger partial charge on any atom is -0.393 e. The number of hydrogen-bond acceptors (Lipinski definition) is 4. The van der Waals surface area contributed by atoms with Gasteiger partial charge in [0.25, 0.3) is 0 Å². The molecular formula is C8H11BrN2OS. The minimum atomic E-state index is -0.111. The number of anilines is 1. The fraction of sp³-hybridized carbons (Fsp3) is 0.625. The van der Waals surface area contributed by atoms with E-state index in [9.17, 15) is 5.11 Å². The van der Waals surface area contributed by atoms with Gasteiger partial charge in [-0.05, 0) is 28.8 Å². The number of piperidine rings is 1. The predicted octanol–water partition coefficient (Wildman–Crippen LogP) is 1.87. The van der Waals surface area contributed by atoms with Crippen molar-refractivity contribution in [2.75, 3.05) is 18.0 Å². The molecule has 0 saturated carbocycles. The third kappa shape index (κ3) is 2.21. The van der Waals surface area contributed by atoms with Crippen molar-refractivity contribution in [2.45, 2.75) is 18.9 Å². The summed E-state index contributed by atoms with van der Waals surface area (Å²) in [6.45, 7) is 1.84. The van der Waals surface area contributed by atoms with E-state index in [0.717, 1.165) is 34.8 Å². The van der Waals surface area contributed by atoms with Crippen LogP contribution in [0.2, 0.25) is 0 Å². The van der Waals surface area contributed by atoms with E-state index in [-0.39, 0.29) is 6.10 Å². The van der Waals surface area contributed by atoms with Crippen LogP contribution in [0.25, 0.3) is 0 Å². The maximum absolute atomic E-state index is 9.33. The molecule has 0 aromatic carbocycles. The average Bonchev–Trinajstić information content (AvgIpc) is 2.53. The summed E-state index contributed by atoms with van der Waals surface area (Å²) in [7, 11) is 0. The zero-order valence-corrected chi connectivity index (χ0v) is 9.51. The molecule has 13 heavy (non-hydrogen) atoms. The average molecular weight is 263 g/mol. The second-order valence-corrected chi connectivity index (χ2v) is 5.55. The molecule has 0 aliphatic carbocycles. The Morgan fingerprint density at radius 1 is 1.54 bits per heavy atom. The van der Waals surface area contributed by atoms with E-state index in [1.807, 2.05) is 6.20 Å². The van der Waals surface area contributed by atoms with Gasteiger partial charge in [0.15, 0.2) is 5.13 Å². The largest absolute Gasteiger partial charge is 0.393 e. The smallest absolute Gasteiger partial charge is 0.186 e. The van der Waals surface area contributed by atoms with Crippen molar-refractivity contribution in [3.63, 3.8) is 0 Å². The van der Waals surface area contributed by atoms with Crippen molar-refractivity contribution in [1.29, 1.82) is 0 Å². The Kier molecular flexibility index (Phi) is 2.86. The zero-order chi connectivity index (χ0) is 9.26. The van der Waals surface area contributed by atoms with E-state index in [1.54, 1.807) is 11.3 Å². The molecule has 1 aromatic heterocycles.